The van der Waals surface area contributed by atoms with Crippen molar-refractivity contribution < 1.29 is 9.47 Å². The molecule has 24 heavy (non-hydrogen) atoms. The largest absolute Gasteiger partial charge is 0.490 e. The van der Waals surface area contributed by atoms with Gasteiger partial charge in [0, 0.05) is 13.1 Å². The van der Waals surface area contributed by atoms with Crippen LogP contribution < -0.4 is 14.8 Å². The zero-order chi connectivity index (χ0) is 17.2. The van der Waals surface area contributed by atoms with E-state index in [1.807, 2.05) is 49.4 Å². The maximum absolute atomic E-state index is 8.94. The van der Waals surface area contributed by atoms with Crippen molar-refractivity contribution in [2.24, 2.45) is 0 Å². The molecule has 0 spiro atoms. The molecule has 0 aromatic heterocycles. The molecule has 0 aliphatic rings. The average molecular weight is 324 g/mol. The van der Waals surface area contributed by atoms with Crippen LogP contribution in [-0.2, 0) is 13.1 Å². The van der Waals surface area contributed by atoms with E-state index in [1.165, 1.54) is 0 Å². The van der Waals surface area contributed by atoms with Gasteiger partial charge in [0.05, 0.1) is 24.8 Å². The van der Waals surface area contributed by atoms with E-state index >= 15 is 0 Å². The molecule has 0 atom stereocenters. The third kappa shape index (κ3) is 5.29. The summed E-state index contributed by atoms with van der Waals surface area (Å²) in [4.78, 5) is 0. The average Bonchev–Trinajstić information content (AvgIpc) is 2.61. The smallest absolute Gasteiger partial charge is 0.161 e. The van der Waals surface area contributed by atoms with Gasteiger partial charge in [0.15, 0.2) is 11.5 Å². The van der Waals surface area contributed by atoms with Crippen LogP contribution in [0.4, 0.5) is 0 Å². The Bertz CT molecular complexity index is 692. The summed E-state index contributed by atoms with van der Waals surface area (Å²) in [6.45, 7) is 6.79. The molecule has 4 heteroatoms. The minimum Gasteiger partial charge on any atom is -0.490 e. The third-order valence-corrected chi connectivity index (χ3v) is 3.48. The summed E-state index contributed by atoms with van der Waals surface area (Å²) in [5.41, 5.74) is 2.92. The lowest BCUT2D eigenvalue weighted by atomic mass is 10.1. The lowest BCUT2D eigenvalue weighted by Gasteiger charge is -2.13. The summed E-state index contributed by atoms with van der Waals surface area (Å²) >= 11 is 0. The van der Waals surface area contributed by atoms with Gasteiger partial charge in [-0.3, -0.25) is 0 Å². The number of nitrogens with zero attached hydrogens (tertiary/aromatic N) is 1. The third-order valence-electron chi connectivity index (χ3n) is 3.48. The van der Waals surface area contributed by atoms with E-state index in [0.29, 0.717) is 25.3 Å². The number of nitriles is 1. The van der Waals surface area contributed by atoms with E-state index in [0.717, 1.165) is 35.6 Å². The van der Waals surface area contributed by atoms with Crippen molar-refractivity contribution in [1.29, 1.82) is 5.26 Å². The fourth-order valence-corrected chi connectivity index (χ4v) is 2.36. The van der Waals surface area contributed by atoms with E-state index < -0.39 is 0 Å². The van der Waals surface area contributed by atoms with Crippen molar-refractivity contribution in [2.45, 2.75) is 33.4 Å². The molecule has 0 unspecified atom stereocenters. The maximum Gasteiger partial charge on any atom is 0.161 e. The van der Waals surface area contributed by atoms with Crippen LogP contribution in [0.15, 0.2) is 42.5 Å². The predicted octanol–water partition coefficient (Wildman–Crippen LogP) is 4.04. The van der Waals surface area contributed by atoms with Gasteiger partial charge in [-0.2, -0.15) is 5.26 Å². The number of hydrogen-bond acceptors (Lipinski definition) is 4. The van der Waals surface area contributed by atoms with E-state index in [9.17, 15) is 0 Å². The van der Waals surface area contributed by atoms with E-state index in [1.54, 1.807) is 0 Å². The second-order valence-corrected chi connectivity index (χ2v) is 5.48. The van der Waals surface area contributed by atoms with E-state index in [-0.39, 0.29) is 0 Å². The lowest BCUT2D eigenvalue weighted by molar-refractivity contribution is 0.276. The van der Waals surface area contributed by atoms with Crippen LogP contribution in [-0.4, -0.2) is 13.2 Å². The Morgan fingerprint density at radius 2 is 1.75 bits per heavy atom. The quantitative estimate of drug-likeness (QED) is 0.756. The van der Waals surface area contributed by atoms with Gasteiger partial charge in [-0.1, -0.05) is 25.1 Å². The van der Waals surface area contributed by atoms with Gasteiger partial charge in [-0.25, -0.2) is 0 Å². The van der Waals surface area contributed by atoms with Crippen molar-refractivity contribution >= 4 is 0 Å². The Hall–Kier alpha value is -2.51. The van der Waals surface area contributed by atoms with Gasteiger partial charge in [0.1, 0.15) is 0 Å². The molecule has 2 aromatic rings. The molecule has 0 radical (unpaired) electrons. The summed E-state index contributed by atoms with van der Waals surface area (Å²) in [5.74, 6) is 1.58. The van der Waals surface area contributed by atoms with Crippen LogP contribution in [0.3, 0.4) is 0 Å². The maximum atomic E-state index is 8.94. The Balaban J connectivity index is 1.96. The Morgan fingerprint density at radius 1 is 0.958 bits per heavy atom. The molecule has 126 valence electrons. The van der Waals surface area contributed by atoms with Crippen molar-refractivity contribution in [2.75, 3.05) is 13.2 Å². The molecule has 0 amide bonds. The number of benzene rings is 2. The standard InChI is InChI=1S/C20H24N2O2/c1-3-10-24-19-9-8-18(12-20(19)23-4-2)15-22-14-17-7-5-6-16(11-17)13-21/h5-9,11-12,22H,3-4,10,14-15H2,1-2H3. The summed E-state index contributed by atoms with van der Waals surface area (Å²) in [7, 11) is 0. The van der Waals surface area contributed by atoms with Crippen LogP contribution >= 0.6 is 0 Å². The lowest BCUT2D eigenvalue weighted by Crippen LogP contribution is -2.13. The zero-order valence-corrected chi connectivity index (χ0v) is 14.3. The molecule has 2 rings (SSSR count). The monoisotopic (exact) mass is 324 g/mol. The van der Waals surface area contributed by atoms with Crippen molar-refractivity contribution in [1.82, 2.24) is 5.32 Å². The first-order valence-electron chi connectivity index (χ1n) is 8.35. The van der Waals surface area contributed by atoms with Gasteiger partial charge < -0.3 is 14.8 Å². The molecule has 0 aliphatic heterocycles. The topological polar surface area (TPSA) is 54.3 Å². The zero-order valence-electron chi connectivity index (χ0n) is 14.3. The molecule has 1 N–H and O–H groups in total. The minimum absolute atomic E-state index is 0.611. The molecule has 0 bridgehead atoms. The van der Waals surface area contributed by atoms with E-state index in [2.05, 4.69) is 18.3 Å². The number of nitrogens with one attached hydrogen (secondary N) is 1. The number of rotatable bonds is 9. The van der Waals surface area contributed by atoms with Gasteiger partial charge in [0.25, 0.3) is 0 Å². The first-order valence-corrected chi connectivity index (χ1v) is 8.35. The second-order valence-electron chi connectivity index (χ2n) is 5.48. The molecule has 2 aromatic carbocycles. The van der Waals surface area contributed by atoms with Crippen LogP contribution in [0.25, 0.3) is 0 Å². The summed E-state index contributed by atoms with van der Waals surface area (Å²) in [6, 6.07) is 15.8. The van der Waals surface area contributed by atoms with Crippen molar-refractivity contribution in [3.63, 3.8) is 0 Å². The number of ether oxygens (including phenoxy) is 2. The van der Waals surface area contributed by atoms with Gasteiger partial charge in [-0.15, -0.1) is 0 Å². The molecule has 0 saturated carbocycles. The van der Waals surface area contributed by atoms with E-state index in [4.69, 9.17) is 14.7 Å². The molecular weight excluding hydrogens is 300 g/mol. The number of hydrogen-bond donors (Lipinski definition) is 1. The van der Waals surface area contributed by atoms with Crippen LogP contribution in [0.1, 0.15) is 37.0 Å². The fourth-order valence-electron chi connectivity index (χ4n) is 2.36. The van der Waals surface area contributed by atoms with Gasteiger partial charge in [-0.05, 0) is 48.7 Å². The summed E-state index contributed by atoms with van der Waals surface area (Å²) in [5, 5.41) is 12.3. The first-order chi connectivity index (χ1) is 11.8. The highest BCUT2D eigenvalue weighted by molar-refractivity contribution is 5.43. The highest BCUT2D eigenvalue weighted by Crippen LogP contribution is 2.28. The first kappa shape index (κ1) is 17.8. The van der Waals surface area contributed by atoms with Gasteiger partial charge >= 0.3 is 0 Å². The van der Waals surface area contributed by atoms with Crippen LogP contribution in [0.5, 0.6) is 11.5 Å². The Morgan fingerprint density at radius 3 is 2.46 bits per heavy atom. The van der Waals surface area contributed by atoms with Crippen LogP contribution in [0, 0.1) is 11.3 Å². The normalized spacial score (nSPS) is 10.2. The highest BCUT2D eigenvalue weighted by Gasteiger charge is 2.06. The van der Waals surface area contributed by atoms with Crippen LogP contribution in [0.2, 0.25) is 0 Å². The fraction of sp³-hybridized carbons (Fsp3) is 0.350. The SMILES string of the molecule is CCCOc1ccc(CNCc2cccc(C#N)c2)cc1OCC. The van der Waals surface area contributed by atoms with Crippen molar-refractivity contribution in [3.05, 3.63) is 59.2 Å². The highest BCUT2D eigenvalue weighted by atomic mass is 16.5. The summed E-state index contributed by atoms with van der Waals surface area (Å²) < 4.78 is 11.4. The Labute approximate surface area is 144 Å². The Kier molecular flexibility index (Phi) is 7.13. The molecule has 0 fully saturated rings. The second kappa shape index (κ2) is 9.59. The minimum atomic E-state index is 0.611. The summed E-state index contributed by atoms with van der Waals surface area (Å²) in [6.07, 6.45) is 0.969. The molecular formula is C20H24N2O2. The predicted molar refractivity (Wildman–Crippen MR) is 95.1 cm³/mol. The van der Waals surface area contributed by atoms with Gasteiger partial charge in [0.2, 0.25) is 0 Å². The molecule has 4 nitrogen and oxygen atoms in total. The van der Waals surface area contributed by atoms with Crippen molar-refractivity contribution in [3.8, 4) is 17.6 Å². The molecule has 0 aliphatic carbocycles. The molecule has 0 heterocycles. The molecule has 0 saturated heterocycles.